The van der Waals surface area contributed by atoms with Gasteiger partial charge in [-0.25, -0.2) is 0 Å². The van der Waals surface area contributed by atoms with Gasteiger partial charge in [-0.1, -0.05) is 12.1 Å². The van der Waals surface area contributed by atoms with Gasteiger partial charge in [0.2, 0.25) is 5.91 Å². The summed E-state index contributed by atoms with van der Waals surface area (Å²) in [6.07, 6.45) is 3.32. The number of pyridine rings is 2. The lowest BCUT2D eigenvalue weighted by atomic mass is 10.0. The fraction of sp³-hybridized carbons (Fsp3) is 0.280. The number of amides is 2. The van der Waals surface area contributed by atoms with Crippen molar-refractivity contribution in [3.63, 3.8) is 0 Å². The number of hydrogen-bond donors (Lipinski definition) is 1. The van der Waals surface area contributed by atoms with Gasteiger partial charge in [0.25, 0.3) is 5.91 Å². The largest absolute Gasteiger partial charge is 0.348 e. The minimum Gasteiger partial charge on any atom is -0.348 e. The van der Waals surface area contributed by atoms with Gasteiger partial charge >= 0.3 is 0 Å². The van der Waals surface area contributed by atoms with Crippen LogP contribution in [0.15, 0.2) is 54.9 Å². The Balaban J connectivity index is 1.74. The van der Waals surface area contributed by atoms with Crippen LogP contribution >= 0.6 is 0 Å². The maximum Gasteiger partial charge on any atom is 0.253 e. The van der Waals surface area contributed by atoms with Gasteiger partial charge in [0.1, 0.15) is 0 Å². The fourth-order valence-corrected chi connectivity index (χ4v) is 3.58. The van der Waals surface area contributed by atoms with Crippen LogP contribution in [0, 0.1) is 13.8 Å². The Hall–Kier alpha value is -3.54. The molecule has 2 aromatic heterocycles. The smallest absolute Gasteiger partial charge is 0.253 e. The van der Waals surface area contributed by atoms with Gasteiger partial charge in [-0.15, -0.1) is 0 Å². The molecule has 0 spiro atoms. The zero-order chi connectivity index (χ0) is 22.5. The summed E-state index contributed by atoms with van der Waals surface area (Å²) in [5.74, 6) is -0.163. The van der Waals surface area contributed by atoms with Gasteiger partial charge in [0.15, 0.2) is 0 Å². The van der Waals surface area contributed by atoms with E-state index in [1.807, 2.05) is 64.1 Å². The van der Waals surface area contributed by atoms with E-state index in [0.717, 1.165) is 33.8 Å². The number of aryl methyl sites for hydroxylation is 2. The molecule has 0 atom stereocenters. The molecule has 6 heteroatoms. The highest BCUT2D eigenvalue weighted by molar-refractivity contribution is 5.94. The second-order valence-electron chi connectivity index (χ2n) is 7.85. The molecule has 1 N–H and O–H groups in total. The number of hydrogen-bond acceptors (Lipinski definition) is 4. The van der Waals surface area contributed by atoms with Crippen LogP contribution in [0.25, 0.3) is 11.3 Å². The lowest BCUT2D eigenvalue weighted by Gasteiger charge is -2.27. The van der Waals surface area contributed by atoms with Crippen LogP contribution in [-0.2, 0) is 11.3 Å². The van der Waals surface area contributed by atoms with E-state index >= 15 is 0 Å². The van der Waals surface area contributed by atoms with E-state index < -0.39 is 0 Å². The first-order valence-electron chi connectivity index (χ1n) is 10.3. The predicted molar refractivity (Wildman–Crippen MR) is 123 cm³/mol. The van der Waals surface area contributed by atoms with Crippen LogP contribution in [0.3, 0.4) is 0 Å². The maximum absolute atomic E-state index is 12.5. The number of carbonyl (C=O) groups is 2. The normalized spacial score (nSPS) is 10.8. The number of nitrogens with zero attached hydrogens (tertiary/aromatic N) is 3. The minimum atomic E-state index is -0.178. The Morgan fingerprint density at radius 3 is 2.42 bits per heavy atom. The zero-order valence-electron chi connectivity index (χ0n) is 18.6. The third kappa shape index (κ3) is 5.15. The van der Waals surface area contributed by atoms with Gasteiger partial charge in [0, 0.05) is 48.8 Å². The lowest BCUT2D eigenvalue weighted by Crippen LogP contribution is -2.35. The summed E-state index contributed by atoms with van der Waals surface area (Å²) in [6.45, 7) is 9.89. The molecule has 0 aliphatic carbocycles. The molecule has 3 aromatic rings. The highest BCUT2D eigenvalue weighted by atomic mass is 16.2. The summed E-state index contributed by atoms with van der Waals surface area (Å²) in [4.78, 5) is 35.0. The van der Waals surface area contributed by atoms with Crippen molar-refractivity contribution in [1.82, 2.24) is 15.3 Å². The standard InChI is InChI=1S/C25H28N4O2/c1-16(2)29(19(5)30)24-11-9-20(13-17(24)3)23-10-8-22(15-27-23)25(31)28-14-21-7-6-12-26-18(21)4/h6-13,15-16H,14H2,1-5H3,(H,28,31). The van der Waals surface area contributed by atoms with Crippen LogP contribution in [0.5, 0.6) is 0 Å². The van der Waals surface area contributed by atoms with E-state index in [4.69, 9.17) is 0 Å². The number of carbonyl (C=O) groups excluding carboxylic acids is 2. The van der Waals surface area contributed by atoms with Crippen LogP contribution in [0.1, 0.15) is 48.0 Å². The van der Waals surface area contributed by atoms with Crippen LogP contribution in [0.2, 0.25) is 0 Å². The molecule has 0 bridgehead atoms. The topological polar surface area (TPSA) is 75.2 Å². The summed E-state index contributed by atoms with van der Waals surface area (Å²) in [6, 6.07) is 13.4. The van der Waals surface area contributed by atoms with E-state index in [0.29, 0.717) is 12.1 Å². The number of rotatable bonds is 6. The van der Waals surface area contributed by atoms with Crippen molar-refractivity contribution in [2.75, 3.05) is 4.90 Å². The molecule has 0 radical (unpaired) electrons. The average Bonchev–Trinajstić information content (AvgIpc) is 2.74. The molecule has 0 saturated carbocycles. The van der Waals surface area contributed by atoms with E-state index in [9.17, 15) is 9.59 Å². The fourth-order valence-electron chi connectivity index (χ4n) is 3.58. The van der Waals surface area contributed by atoms with Crippen molar-refractivity contribution in [3.05, 3.63) is 77.2 Å². The van der Waals surface area contributed by atoms with Crippen molar-refractivity contribution in [2.24, 2.45) is 0 Å². The third-order valence-electron chi connectivity index (χ3n) is 5.19. The van der Waals surface area contributed by atoms with E-state index in [-0.39, 0.29) is 17.9 Å². The number of nitrogens with one attached hydrogen (secondary N) is 1. The second kappa shape index (κ2) is 9.51. The number of benzene rings is 1. The van der Waals surface area contributed by atoms with Gasteiger partial charge in [-0.05, 0) is 69.2 Å². The maximum atomic E-state index is 12.5. The first-order valence-corrected chi connectivity index (χ1v) is 10.3. The molecule has 0 aliphatic heterocycles. The van der Waals surface area contributed by atoms with Crippen molar-refractivity contribution in [2.45, 2.75) is 47.2 Å². The van der Waals surface area contributed by atoms with E-state index in [1.165, 1.54) is 0 Å². The summed E-state index contributed by atoms with van der Waals surface area (Å²) in [7, 11) is 0. The molecule has 160 valence electrons. The summed E-state index contributed by atoms with van der Waals surface area (Å²) in [5, 5.41) is 2.91. The van der Waals surface area contributed by atoms with E-state index in [2.05, 4.69) is 15.3 Å². The SMILES string of the molecule is CC(=O)N(c1ccc(-c2ccc(C(=O)NCc3cccnc3C)cn2)cc1C)C(C)C. The average molecular weight is 417 g/mol. The predicted octanol–water partition coefficient (Wildman–Crippen LogP) is 4.45. The Morgan fingerprint density at radius 2 is 1.84 bits per heavy atom. The molecule has 3 rings (SSSR count). The molecule has 1 aromatic carbocycles. The molecule has 6 nitrogen and oxygen atoms in total. The Kier molecular flexibility index (Phi) is 6.80. The van der Waals surface area contributed by atoms with Crippen molar-refractivity contribution in [3.8, 4) is 11.3 Å². The highest BCUT2D eigenvalue weighted by Crippen LogP contribution is 2.27. The second-order valence-corrected chi connectivity index (χ2v) is 7.85. The Labute approximate surface area is 183 Å². The molecule has 0 unspecified atom stereocenters. The summed E-state index contributed by atoms with van der Waals surface area (Å²) < 4.78 is 0. The number of aromatic nitrogens is 2. The van der Waals surface area contributed by atoms with Crippen molar-refractivity contribution in [1.29, 1.82) is 0 Å². The Morgan fingerprint density at radius 1 is 1.06 bits per heavy atom. The van der Waals surface area contributed by atoms with Crippen LogP contribution in [0.4, 0.5) is 5.69 Å². The quantitative estimate of drug-likeness (QED) is 0.644. The monoisotopic (exact) mass is 416 g/mol. The molecule has 2 heterocycles. The third-order valence-corrected chi connectivity index (χ3v) is 5.19. The van der Waals surface area contributed by atoms with Gasteiger partial charge < -0.3 is 10.2 Å². The molecule has 0 fully saturated rings. The zero-order valence-corrected chi connectivity index (χ0v) is 18.6. The molecular weight excluding hydrogens is 388 g/mol. The molecular formula is C25H28N4O2. The first kappa shape index (κ1) is 22.2. The molecule has 0 saturated heterocycles. The molecule has 2 amide bonds. The van der Waals surface area contributed by atoms with Crippen molar-refractivity contribution < 1.29 is 9.59 Å². The lowest BCUT2D eigenvalue weighted by molar-refractivity contribution is -0.116. The van der Waals surface area contributed by atoms with Gasteiger partial charge in [0.05, 0.1) is 11.3 Å². The van der Waals surface area contributed by atoms with Crippen molar-refractivity contribution >= 4 is 17.5 Å². The minimum absolute atomic E-state index is 0.0146. The molecule has 31 heavy (non-hydrogen) atoms. The van der Waals surface area contributed by atoms with E-state index in [1.54, 1.807) is 30.3 Å². The highest BCUT2D eigenvalue weighted by Gasteiger charge is 2.17. The van der Waals surface area contributed by atoms with Gasteiger partial charge in [-0.3, -0.25) is 19.6 Å². The Bertz CT molecular complexity index is 1090. The summed E-state index contributed by atoms with van der Waals surface area (Å²) >= 11 is 0. The number of anilines is 1. The summed E-state index contributed by atoms with van der Waals surface area (Å²) in [5.41, 5.74) is 5.98. The van der Waals surface area contributed by atoms with Crippen LogP contribution in [-0.4, -0.2) is 27.8 Å². The molecule has 0 aliphatic rings. The van der Waals surface area contributed by atoms with Crippen LogP contribution < -0.4 is 10.2 Å². The van der Waals surface area contributed by atoms with Gasteiger partial charge in [-0.2, -0.15) is 0 Å². The first-order chi connectivity index (χ1) is 14.8.